The van der Waals surface area contributed by atoms with Gasteiger partial charge in [0.05, 0.1) is 5.60 Å². The number of imidazole rings is 1. The van der Waals surface area contributed by atoms with E-state index in [1.165, 1.54) is 16.7 Å². The van der Waals surface area contributed by atoms with Crippen LogP contribution in [0.3, 0.4) is 0 Å². The van der Waals surface area contributed by atoms with Crippen LogP contribution in [0.5, 0.6) is 0 Å². The van der Waals surface area contributed by atoms with Crippen molar-refractivity contribution in [1.82, 2.24) is 14.8 Å². The molecule has 0 bridgehead atoms. The van der Waals surface area contributed by atoms with Gasteiger partial charge >= 0.3 is 14.6 Å². The lowest BCUT2D eigenvalue weighted by Gasteiger charge is -2.22. The molecule has 11 nitrogen and oxygen atoms in total. The van der Waals surface area contributed by atoms with Crippen LogP contribution >= 0.6 is 20.6 Å². The second-order valence-corrected chi connectivity index (χ2v) is 11.5. The van der Waals surface area contributed by atoms with Gasteiger partial charge in [-0.1, -0.05) is 13.0 Å². The van der Waals surface area contributed by atoms with Gasteiger partial charge in [0.15, 0.2) is 6.20 Å². The summed E-state index contributed by atoms with van der Waals surface area (Å²) in [5, 5.41) is 3.03. The predicted molar refractivity (Wildman–Crippen MR) is 146 cm³/mol. The molecule has 38 heavy (non-hydrogen) atoms. The predicted octanol–water partition coefficient (Wildman–Crippen LogP) is 2.36. The van der Waals surface area contributed by atoms with Crippen molar-refractivity contribution in [3.8, 4) is 0 Å². The number of nitrogens with zero attached hydrogens (tertiary/aromatic N) is 3. The Kier molecular flexibility index (Phi) is 11.4. The molecule has 0 radical (unpaired) electrons. The topological polar surface area (TPSA) is 118 Å². The Morgan fingerprint density at radius 2 is 2.13 bits per heavy atom. The first-order valence-electron chi connectivity index (χ1n) is 12.7. The third kappa shape index (κ3) is 8.93. The van der Waals surface area contributed by atoms with Gasteiger partial charge in [-0.15, -0.1) is 0 Å². The Labute approximate surface area is 229 Å². The highest BCUT2D eigenvalue weighted by molar-refractivity contribution is 7.97. The molecule has 210 valence electrons. The Morgan fingerprint density at radius 3 is 2.79 bits per heavy atom. The molecule has 2 atom stereocenters. The highest BCUT2D eigenvalue weighted by Crippen LogP contribution is 2.35. The van der Waals surface area contributed by atoms with E-state index in [4.69, 9.17) is 13.9 Å². The third-order valence-corrected chi connectivity index (χ3v) is 7.64. The molecule has 0 aliphatic carbocycles. The minimum Gasteiger partial charge on any atom is -0.460 e. The monoisotopic (exact) mass is 568 g/mol. The van der Waals surface area contributed by atoms with Crippen LogP contribution in [-0.2, 0) is 31.8 Å². The molecule has 1 aromatic heterocycles. The van der Waals surface area contributed by atoms with Crippen molar-refractivity contribution in [2.75, 3.05) is 31.6 Å². The summed E-state index contributed by atoms with van der Waals surface area (Å²) in [5.41, 5.74) is 1.50. The van der Waals surface area contributed by atoms with Gasteiger partial charge in [-0.05, 0) is 75.0 Å². The fourth-order valence-corrected chi connectivity index (χ4v) is 5.64. The number of hydrogen-bond donors (Lipinski definition) is 3. The molecule has 1 saturated heterocycles. The number of benzene rings is 1. The molecule has 3 N–H and O–H groups in total. The number of amides is 1. The van der Waals surface area contributed by atoms with E-state index in [1.807, 2.05) is 43.9 Å². The SMILES string of the molecule is CCc1c(SN[C@@H](CNC)C(=O)OCC[n+]2ccn(OP(O)OC(C)(C)C)c2)cccc1N1CCCC1=O. The minimum atomic E-state index is -2.07. The van der Waals surface area contributed by atoms with Gasteiger partial charge in [0.2, 0.25) is 5.91 Å². The Morgan fingerprint density at radius 1 is 1.34 bits per heavy atom. The van der Waals surface area contributed by atoms with Gasteiger partial charge in [0.25, 0.3) is 6.33 Å². The fraction of sp³-hybridized carbons (Fsp3) is 0.560. The summed E-state index contributed by atoms with van der Waals surface area (Å²) in [6.07, 6.45) is 7.24. The molecule has 2 aromatic rings. The number of carbonyl (C=O) groups is 2. The number of ether oxygens (including phenoxy) is 1. The van der Waals surface area contributed by atoms with Crippen molar-refractivity contribution in [3.63, 3.8) is 0 Å². The number of esters is 1. The first-order chi connectivity index (χ1) is 18.1. The van der Waals surface area contributed by atoms with Crippen LogP contribution in [0.15, 0.2) is 41.8 Å². The molecule has 1 fully saturated rings. The average molecular weight is 569 g/mol. The van der Waals surface area contributed by atoms with Crippen molar-refractivity contribution in [1.29, 1.82) is 0 Å². The maximum atomic E-state index is 12.8. The van der Waals surface area contributed by atoms with Gasteiger partial charge in [-0.25, -0.2) is 9.29 Å². The molecule has 0 saturated carbocycles. The van der Waals surface area contributed by atoms with E-state index in [2.05, 4.69) is 17.0 Å². The summed E-state index contributed by atoms with van der Waals surface area (Å²) in [4.78, 5) is 37.9. The summed E-state index contributed by atoms with van der Waals surface area (Å²) < 4.78 is 22.6. The second-order valence-electron chi connectivity index (χ2n) is 9.79. The summed E-state index contributed by atoms with van der Waals surface area (Å²) >= 11 is 1.38. The number of anilines is 1. The molecule has 1 aliphatic rings. The lowest BCUT2D eigenvalue weighted by atomic mass is 10.1. The molecule has 2 heterocycles. The molecule has 1 amide bonds. The van der Waals surface area contributed by atoms with Crippen LogP contribution in [0, 0.1) is 0 Å². The van der Waals surface area contributed by atoms with Crippen molar-refractivity contribution in [3.05, 3.63) is 42.5 Å². The van der Waals surface area contributed by atoms with E-state index in [1.54, 1.807) is 30.3 Å². The quantitative estimate of drug-likeness (QED) is 0.137. The van der Waals surface area contributed by atoms with Gasteiger partial charge in [0, 0.05) is 30.1 Å². The lowest BCUT2D eigenvalue weighted by Crippen LogP contribution is -2.43. The molecule has 1 aliphatic heterocycles. The maximum Gasteiger partial charge on any atom is 0.442 e. The molecule has 0 spiro atoms. The minimum absolute atomic E-state index is 0.154. The first-order valence-corrected chi connectivity index (χ1v) is 14.7. The summed E-state index contributed by atoms with van der Waals surface area (Å²) in [5.74, 6) is -0.217. The number of aromatic nitrogens is 2. The van der Waals surface area contributed by atoms with Crippen LogP contribution in [-0.4, -0.2) is 59.9 Å². The number of rotatable bonds is 14. The van der Waals surface area contributed by atoms with Crippen molar-refractivity contribution < 1.29 is 32.9 Å². The fourth-order valence-electron chi connectivity index (χ4n) is 3.91. The highest BCUT2D eigenvalue weighted by atomic mass is 32.2. The van der Waals surface area contributed by atoms with E-state index in [0.717, 1.165) is 35.5 Å². The van der Waals surface area contributed by atoms with Crippen LogP contribution in [0.25, 0.3) is 0 Å². The maximum absolute atomic E-state index is 12.8. The first kappa shape index (κ1) is 30.3. The third-order valence-electron chi connectivity index (χ3n) is 5.61. The lowest BCUT2D eigenvalue weighted by molar-refractivity contribution is -0.698. The van der Waals surface area contributed by atoms with Crippen LogP contribution in [0.4, 0.5) is 5.69 Å². The normalized spacial score (nSPS) is 15.5. The zero-order valence-corrected chi connectivity index (χ0v) is 24.4. The smallest absolute Gasteiger partial charge is 0.442 e. The number of hydrogen-bond acceptors (Lipinski definition) is 9. The van der Waals surface area contributed by atoms with E-state index in [-0.39, 0.29) is 18.5 Å². The van der Waals surface area contributed by atoms with E-state index in [9.17, 15) is 14.5 Å². The molecule has 1 aromatic carbocycles. The number of nitrogens with one attached hydrogen (secondary N) is 2. The van der Waals surface area contributed by atoms with Crippen LogP contribution in [0.2, 0.25) is 0 Å². The zero-order valence-electron chi connectivity index (χ0n) is 22.7. The molecular weight excluding hydrogens is 529 g/mol. The van der Waals surface area contributed by atoms with Gasteiger partial charge in [-0.3, -0.25) is 18.7 Å². The Hall–Kier alpha value is -2.21. The number of likely N-dealkylation sites (N-methyl/N-ethyl adjacent to an activating group) is 1. The second kappa shape index (κ2) is 14.3. The average Bonchev–Trinajstić information content (AvgIpc) is 3.48. The summed E-state index contributed by atoms with van der Waals surface area (Å²) in [6, 6.07) is 5.35. The van der Waals surface area contributed by atoms with Crippen LogP contribution < -0.4 is 24.1 Å². The van der Waals surface area contributed by atoms with Crippen molar-refractivity contribution in [2.45, 2.75) is 70.0 Å². The van der Waals surface area contributed by atoms with Gasteiger partial charge < -0.3 is 19.8 Å². The van der Waals surface area contributed by atoms with E-state index < -0.39 is 20.2 Å². The van der Waals surface area contributed by atoms with Crippen molar-refractivity contribution in [2.24, 2.45) is 0 Å². The van der Waals surface area contributed by atoms with Gasteiger partial charge in [0.1, 0.15) is 25.4 Å². The summed E-state index contributed by atoms with van der Waals surface area (Å²) in [7, 11) is -0.296. The molecule has 3 rings (SSSR count). The molecule has 13 heteroatoms. The van der Waals surface area contributed by atoms with E-state index in [0.29, 0.717) is 19.5 Å². The Balaban J connectivity index is 1.52. The van der Waals surface area contributed by atoms with Gasteiger partial charge in [-0.2, -0.15) is 0 Å². The molecular formula is C25H39N5O6PS+. The summed E-state index contributed by atoms with van der Waals surface area (Å²) in [6.45, 7) is 9.27. The van der Waals surface area contributed by atoms with Crippen molar-refractivity contribution >= 4 is 38.1 Å². The largest absolute Gasteiger partial charge is 0.460 e. The molecule has 1 unspecified atom stereocenters. The standard InChI is InChI=1S/C25H39N5O6PS/c1-6-19-21(30-12-8-11-23(30)31)9-7-10-22(19)38-27-20(17-26-5)24(32)34-16-15-28-13-14-29(18-28)36-37(33)35-25(2,3)4/h7,9-10,13-14,18,20,26-27,33H,6,8,11-12,15-17H2,1-5H3/q+1/t20-,37?/m0/s1. The van der Waals surface area contributed by atoms with E-state index >= 15 is 0 Å². The van der Waals surface area contributed by atoms with Crippen LogP contribution in [0.1, 0.15) is 46.1 Å². The number of carbonyl (C=O) groups excluding carboxylic acids is 2. The highest BCUT2D eigenvalue weighted by Gasteiger charge is 2.26. The Bertz CT molecular complexity index is 1080. The zero-order chi connectivity index (χ0) is 27.7.